The SMILES string of the molecule is CCN(CC)Cc1ccc(N/C(=C2\C(=O)Nc3cc(F)ccc32)c2ccc3c(c2)OCO3)cc1. The van der Waals surface area contributed by atoms with Crippen LogP contribution in [-0.4, -0.2) is 30.7 Å². The molecule has 0 spiro atoms. The summed E-state index contributed by atoms with van der Waals surface area (Å²) in [6.45, 7) is 7.33. The van der Waals surface area contributed by atoms with E-state index in [1.807, 2.05) is 30.3 Å². The van der Waals surface area contributed by atoms with E-state index < -0.39 is 5.82 Å². The number of fused-ring (bicyclic) bond motifs is 2. The summed E-state index contributed by atoms with van der Waals surface area (Å²) in [7, 11) is 0. The predicted octanol–water partition coefficient (Wildman–Crippen LogP) is 5.33. The van der Waals surface area contributed by atoms with Crippen molar-refractivity contribution in [2.75, 3.05) is 30.5 Å². The van der Waals surface area contributed by atoms with E-state index in [1.165, 1.54) is 17.7 Å². The van der Waals surface area contributed by atoms with Crippen LogP contribution < -0.4 is 20.1 Å². The van der Waals surface area contributed by atoms with Crippen molar-refractivity contribution in [3.05, 3.63) is 83.2 Å². The van der Waals surface area contributed by atoms with Crippen molar-refractivity contribution in [2.45, 2.75) is 20.4 Å². The third-order valence-corrected chi connectivity index (χ3v) is 6.16. The van der Waals surface area contributed by atoms with Crippen molar-refractivity contribution in [1.29, 1.82) is 0 Å². The van der Waals surface area contributed by atoms with Crippen LogP contribution in [0.5, 0.6) is 11.5 Å². The molecule has 6 nitrogen and oxygen atoms in total. The van der Waals surface area contributed by atoms with Crippen LogP contribution in [0, 0.1) is 5.82 Å². The molecule has 0 aliphatic carbocycles. The van der Waals surface area contributed by atoms with Gasteiger partial charge in [0, 0.05) is 23.4 Å². The third kappa shape index (κ3) is 4.22. The van der Waals surface area contributed by atoms with Crippen LogP contribution in [0.2, 0.25) is 0 Å². The largest absolute Gasteiger partial charge is 0.454 e. The van der Waals surface area contributed by atoms with E-state index in [-0.39, 0.29) is 12.7 Å². The van der Waals surface area contributed by atoms with Gasteiger partial charge < -0.3 is 20.1 Å². The molecular weight excluding hydrogens is 433 g/mol. The fourth-order valence-electron chi connectivity index (χ4n) is 4.27. The second-order valence-electron chi connectivity index (χ2n) is 8.25. The highest BCUT2D eigenvalue weighted by Crippen LogP contribution is 2.40. The number of carbonyl (C=O) groups excluding carboxylic acids is 1. The van der Waals surface area contributed by atoms with Crippen LogP contribution in [0.15, 0.2) is 60.7 Å². The highest BCUT2D eigenvalue weighted by atomic mass is 19.1. The molecule has 2 aliphatic rings. The Kier molecular flexibility index (Phi) is 5.94. The minimum atomic E-state index is -0.401. The molecule has 2 heterocycles. The van der Waals surface area contributed by atoms with E-state index in [4.69, 9.17) is 9.47 Å². The second-order valence-corrected chi connectivity index (χ2v) is 8.25. The number of nitrogens with zero attached hydrogens (tertiary/aromatic N) is 1. The maximum absolute atomic E-state index is 13.8. The van der Waals surface area contributed by atoms with E-state index in [1.54, 1.807) is 6.07 Å². The summed E-state index contributed by atoms with van der Waals surface area (Å²) in [5, 5.41) is 6.22. The van der Waals surface area contributed by atoms with Gasteiger partial charge in [-0.15, -0.1) is 0 Å². The van der Waals surface area contributed by atoms with Gasteiger partial charge in [0.15, 0.2) is 11.5 Å². The van der Waals surface area contributed by atoms with Crippen LogP contribution in [0.3, 0.4) is 0 Å². The molecule has 2 N–H and O–H groups in total. The first kappa shape index (κ1) is 22.0. The van der Waals surface area contributed by atoms with Gasteiger partial charge in [0.05, 0.1) is 17.0 Å². The van der Waals surface area contributed by atoms with Crippen molar-refractivity contribution < 1.29 is 18.7 Å². The van der Waals surface area contributed by atoms with E-state index in [9.17, 15) is 9.18 Å². The maximum atomic E-state index is 13.8. The topological polar surface area (TPSA) is 62.8 Å². The third-order valence-electron chi connectivity index (χ3n) is 6.16. The molecule has 0 bridgehead atoms. The van der Waals surface area contributed by atoms with Crippen molar-refractivity contribution in [2.24, 2.45) is 0 Å². The molecule has 0 saturated carbocycles. The van der Waals surface area contributed by atoms with Crippen molar-refractivity contribution in [3.8, 4) is 11.5 Å². The highest BCUT2D eigenvalue weighted by Gasteiger charge is 2.29. The van der Waals surface area contributed by atoms with Crippen LogP contribution in [0.4, 0.5) is 15.8 Å². The summed E-state index contributed by atoms with van der Waals surface area (Å²) >= 11 is 0. The van der Waals surface area contributed by atoms with E-state index in [2.05, 4.69) is 41.5 Å². The average molecular weight is 460 g/mol. The molecule has 0 atom stereocenters. The zero-order valence-electron chi connectivity index (χ0n) is 19.2. The molecule has 5 rings (SSSR count). The number of hydrogen-bond donors (Lipinski definition) is 2. The zero-order valence-corrected chi connectivity index (χ0v) is 19.2. The van der Waals surface area contributed by atoms with Gasteiger partial charge in [-0.2, -0.15) is 0 Å². The first-order valence-corrected chi connectivity index (χ1v) is 11.4. The number of amides is 1. The lowest BCUT2D eigenvalue weighted by molar-refractivity contribution is -0.110. The quantitative estimate of drug-likeness (QED) is 0.468. The predicted molar refractivity (Wildman–Crippen MR) is 131 cm³/mol. The first-order chi connectivity index (χ1) is 16.6. The Morgan fingerprint density at radius 1 is 1.00 bits per heavy atom. The molecule has 0 radical (unpaired) electrons. The van der Waals surface area contributed by atoms with E-state index in [0.717, 1.165) is 30.9 Å². The van der Waals surface area contributed by atoms with Crippen LogP contribution in [0.25, 0.3) is 11.3 Å². The first-order valence-electron chi connectivity index (χ1n) is 11.4. The number of rotatable bonds is 7. The Hall–Kier alpha value is -3.84. The summed E-state index contributed by atoms with van der Waals surface area (Å²) in [5.41, 5.74) is 4.97. The minimum Gasteiger partial charge on any atom is -0.454 e. The number of halogens is 1. The number of benzene rings is 3. The molecule has 0 aromatic heterocycles. The summed E-state index contributed by atoms with van der Waals surface area (Å²) in [5.74, 6) is 0.581. The Labute approximate surface area is 198 Å². The Balaban J connectivity index is 1.55. The van der Waals surface area contributed by atoms with Gasteiger partial charge in [-0.1, -0.05) is 26.0 Å². The van der Waals surface area contributed by atoms with Gasteiger partial charge in [0.2, 0.25) is 6.79 Å². The lowest BCUT2D eigenvalue weighted by Crippen LogP contribution is -2.22. The van der Waals surface area contributed by atoms with E-state index in [0.29, 0.717) is 34.0 Å². The van der Waals surface area contributed by atoms with Crippen molar-refractivity contribution >= 4 is 28.6 Å². The number of hydrogen-bond acceptors (Lipinski definition) is 5. The van der Waals surface area contributed by atoms with Gasteiger partial charge in [-0.05, 0) is 67.2 Å². The van der Waals surface area contributed by atoms with Crippen LogP contribution in [-0.2, 0) is 11.3 Å². The Morgan fingerprint density at radius 2 is 1.76 bits per heavy atom. The smallest absolute Gasteiger partial charge is 0.258 e. The summed E-state index contributed by atoms with van der Waals surface area (Å²) in [6.07, 6.45) is 0. The molecule has 3 aromatic carbocycles. The second kappa shape index (κ2) is 9.19. The van der Waals surface area contributed by atoms with Gasteiger partial charge >= 0.3 is 0 Å². The lowest BCUT2D eigenvalue weighted by atomic mass is 9.99. The molecule has 3 aromatic rings. The Bertz CT molecular complexity index is 1270. The average Bonchev–Trinajstić information content (AvgIpc) is 3.44. The molecule has 2 aliphatic heterocycles. The van der Waals surface area contributed by atoms with Gasteiger partial charge in [0.1, 0.15) is 5.82 Å². The van der Waals surface area contributed by atoms with Gasteiger partial charge in [0.25, 0.3) is 5.91 Å². The number of anilines is 2. The lowest BCUT2D eigenvalue weighted by Gasteiger charge is -2.19. The minimum absolute atomic E-state index is 0.161. The Morgan fingerprint density at radius 3 is 2.53 bits per heavy atom. The van der Waals surface area contributed by atoms with Gasteiger partial charge in [-0.25, -0.2) is 4.39 Å². The number of carbonyl (C=O) groups is 1. The molecule has 34 heavy (non-hydrogen) atoms. The van der Waals surface area contributed by atoms with Crippen LogP contribution >= 0.6 is 0 Å². The summed E-state index contributed by atoms with van der Waals surface area (Å²) in [4.78, 5) is 15.4. The standard InChI is InChI=1S/C27H26FN3O3/c1-3-31(4-2)15-17-5-9-20(10-6-17)29-26(18-7-12-23-24(13-18)34-16-33-23)25-21-11-8-19(28)14-22(21)30-27(25)32/h5-14,29H,3-4,15-16H2,1-2H3,(H,30,32)/b26-25-. The number of ether oxygens (including phenoxy) is 2. The molecular formula is C27H26FN3O3. The normalized spacial score (nSPS) is 15.4. The molecule has 7 heteroatoms. The molecule has 0 fully saturated rings. The zero-order chi connectivity index (χ0) is 23.7. The van der Waals surface area contributed by atoms with Crippen molar-refractivity contribution in [1.82, 2.24) is 4.90 Å². The number of nitrogens with one attached hydrogen (secondary N) is 2. The molecule has 1 amide bonds. The maximum Gasteiger partial charge on any atom is 0.258 e. The molecule has 0 unspecified atom stereocenters. The van der Waals surface area contributed by atoms with E-state index >= 15 is 0 Å². The highest BCUT2D eigenvalue weighted by molar-refractivity contribution is 6.37. The summed E-state index contributed by atoms with van der Waals surface area (Å²) in [6, 6.07) is 18.0. The monoisotopic (exact) mass is 459 g/mol. The molecule has 174 valence electrons. The van der Waals surface area contributed by atoms with Crippen LogP contribution in [0.1, 0.15) is 30.5 Å². The summed E-state index contributed by atoms with van der Waals surface area (Å²) < 4.78 is 24.8. The fourth-order valence-corrected chi connectivity index (χ4v) is 4.27. The van der Waals surface area contributed by atoms with Gasteiger partial charge in [-0.3, -0.25) is 9.69 Å². The fraction of sp³-hybridized carbons (Fsp3) is 0.222. The van der Waals surface area contributed by atoms with Crippen molar-refractivity contribution in [3.63, 3.8) is 0 Å². The molecule has 0 saturated heterocycles.